The highest BCUT2D eigenvalue weighted by Crippen LogP contribution is 2.14. The Bertz CT molecular complexity index is 482. The fourth-order valence-corrected chi connectivity index (χ4v) is 1.47. The number of para-hydroxylation sites is 2. The number of ether oxygens (including phenoxy) is 1. The van der Waals surface area contributed by atoms with Gasteiger partial charge in [0.15, 0.2) is 0 Å². The van der Waals surface area contributed by atoms with Gasteiger partial charge in [-0.15, -0.1) is 11.6 Å². The fraction of sp³-hybridized carbons (Fsp3) is 0.0714. The molecule has 17 heavy (non-hydrogen) atoms. The second-order valence-corrected chi connectivity index (χ2v) is 3.66. The van der Waals surface area contributed by atoms with Crippen LogP contribution in [0.3, 0.4) is 0 Å². The molecule has 2 aromatic carbocycles. The topological polar surface area (TPSA) is 21.6 Å². The third kappa shape index (κ3) is 3.61. The molecular weight excluding hydrogens is 234 g/mol. The van der Waals surface area contributed by atoms with E-state index in [2.05, 4.69) is 4.99 Å². The zero-order valence-corrected chi connectivity index (χ0v) is 9.97. The Hall–Kier alpha value is -1.80. The van der Waals surface area contributed by atoms with Crippen LogP contribution in [0.15, 0.2) is 65.7 Å². The monoisotopic (exact) mass is 245 g/mol. The molecule has 0 spiro atoms. The van der Waals surface area contributed by atoms with Crippen LogP contribution in [0.1, 0.15) is 0 Å². The summed E-state index contributed by atoms with van der Waals surface area (Å²) in [6.07, 6.45) is 0. The van der Waals surface area contributed by atoms with E-state index in [1.54, 1.807) is 0 Å². The Balaban J connectivity index is 2.15. The van der Waals surface area contributed by atoms with Crippen molar-refractivity contribution < 1.29 is 4.74 Å². The van der Waals surface area contributed by atoms with E-state index in [1.807, 2.05) is 60.7 Å². The minimum Gasteiger partial charge on any atom is -0.442 e. The normalized spacial score (nSPS) is 11.2. The van der Waals surface area contributed by atoms with Gasteiger partial charge in [0.1, 0.15) is 5.75 Å². The number of hydrogen-bond acceptors (Lipinski definition) is 2. The molecule has 0 aliphatic heterocycles. The van der Waals surface area contributed by atoms with Gasteiger partial charge in [-0.3, -0.25) is 0 Å². The van der Waals surface area contributed by atoms with Crippen LogP contribution in [0, 0.1) is 0 Å². The van der Waals surface area contributed by atoms with Crippen LogP contribution in [0.2, 0.25) is 0 Å². The van der Waals surface area contributed by atoms with Crippen molar-refractivity contribution in [3.8, 4) is 5.75 Å². The smallest absolute Gasteiger partial charge is 0.210 e. The van der Waals surface area contributed by atoms with Gasteiger partial charge in [0.25, 0.3) is 0 Å². The van der Waals surface area contributed by atoms with Crippen molar-refractivity contribution in [2.24, 2.45) is 4.99 Å². The van der Waals surface area contributed by atoms with E-state index in [-0.39, 0.29) is 5.88 Å². The molecule has 0 aliphatic rings. The van der Waals surface area contributed by atoms with E-state index in [9.17, 15) is 0 Å². The zero-order chi connectivity index (χ0) is 11.9. The quantitative estimate of drug-likeness (QED) is 0.454. The predicted octanol–water partition coefficient (Wildman–Crippen LogP) is 4.03. The van der Waals surface area contributed by atoms with Gasteiger partial charge >= 0.3 is 0 Å². The average Bonchev–Trinajstić information content (AvgIpc) is 2.40. The van der Waals surface area contributed by atoms with E-state index < -0.39 is 0 Å². The molecule has 3 heteroatoms. The summed E-state index contributed by atoms with van der Waals surface area (Å²) in [7, 11) is 0. The van der Waals surface area contributed by atoms with Crippen LogP contribution in [0.5, 0.6) is 5.75 Å². The summed E-state index contributed by atoms with van der Waals surface area (Å²) in [6, 6.07) is 19.1. The maximum Gasteiger partial charge on any atom is 0.210 e. The lowest BCUT2D eigenvalue weighted by molar-refractivity contribution is 0.548. The van der Waals surface area contributed by atoms with Crippen molar-refractivity contribution >= 4 is 23.2 Å². The van der Waals surface area contributed by atoms with Crippen LogP contribution in [-0.4, -0.2) is 11.8 Å². The molecular formula is C14H12ClNO. The Kier molecular flexibility index (Phi) is 4.17. The Morgan fingerprint density at radius 2 is 1.53 bits per heavy atom. The summed E-state index contributed by atoms with van der Waals surface area (Å²) in [4.78, 5) is 4.33. The highest BCUT2D eigenvalue weighted by Gasteiger charge is 2.01. The zero-order valence-electron chi connectivity index (χ0n) is 9.21. The fourth-order valence-electron chi connectivity index (χ4n) is 1.35. The summed E-state index contributed by atoms with van der Waals surface area (Å²) < 4.78 is 5.59. The second-order valence-electron chi connectivity index (χ2n) is 3.39. The highest BCUT2D eigenvalue weighted by atomic mass is 35.5. The molecule has 2 aromatic rings. The van der Waals surface area contributed by atoms with Crippen molar-refractivity contribution in [1.82, 2.24) is 0 Å². The molecule has 86 valence electrons. The second kappa shape index (κ2) is 6.06. The molecule has 0 fully saturated rings. The van der Waals surface area contributed by atoms with Crippen LogP contribution in [0.25, 0.3) is 0 Å². The van der Waals surface area contributed by atoms with Crippen LogP contribution >= 0.6 is 11.6 Å². The molecule has 0 N–H and O–H groups in total. The molecule has 0 radical (unpaired) electrons. The largest absolute Gasteiger partial charge is 0.442 e. The first-order chi connectivity index (χ1) is 8.38. The van der Waals surface area contributed by atoms with E-state index in [0.29, 0.717) is 5.90 Å². The number of nitrogens with zero attached hydrogens (tertiary/aromatic N) is 1. The minimum absolute atomic E-state index is 0.240. The predicted molar refractivity (Wildman–Crippen MR) is 71.3 cm³/mol. The first-order valence-electron chi connectivity index (χ1n) is 5.30. The average molecular weight is 246 g/mol. The summed E-state index contributed by atoms with van der Waals surface area (Å²) in [5.74, 6) is 1.47. The van der Waals surface area contributed by atoms with Crippen LogP contribution in [-0.2, 0) is 0 Å². The molecule has 0 amide bonds. The van der Waals surface area contributed by atoms with Gasteiger partial charge in [0, 0.05) is 0 Å². The van der Waals surface area contributed by atoms with Gasteiger partial charge in [-0.1, -0.05) is 36.4 Å². The van der Waals surface area contributed by atoms with Crippen LogP contribution in [0.4, 0.5) is 5.69 Å². The lowest BCUT2D eigenvalue weighted by atomic mass is 10.3. The van der Waals surface area contributed by atoms with Gasteiger partial charge in [-0.05, 0) is 24.3 Å². The number of benzene rings is 2. The molecule has 0 heterocycles. The molecule has 2 rings (SSSR count). The molecule has 0 saturated heterocycles. The molecule has 0 aliphatic carbocycles. The molecule has 0 atom stereocenters. The Morgan fingerprint density at radius 3 is 2.12 bits per heavy atom. The molecule has 0 saturated carbocycles. The van der Waals surface area contributed by atoms with E-state index in [1.165, 1.54) is 0 Å². The summed E-state index contributed by atoms with van der Waals surface area (Å²) in [5, 5.41) is 0. The Morgan fingerprint density at radius 1 is 0.941 bits per heavy atom. The SMILES string of the molecule is ClC/C(=N\c1ccccc1)Oc1ccccc1. The van der Waals surface area contributed by atoms with Gasteiger partial charge in [0.2, 0.25) is 5.90 Å². The van der Waals surface area contributed by atoms with Gasteiger partial charge in [-0.25, -0.2) is 4.99 Å². The third-order valence-electron chi connectivity index (χ3n) is 2.10. The number of aliphatic imine (C=N–C) groups is 1. The van der Waals surface area contributed by atoms with E-state index in [4.69, 9.17) is 16.3 Å². The van der Waals surface area contributed by atoms with Crippen molar-refractivity contribution in [2.75, 3.05) is 5.88 Å². The van der Waals surface area contributed by atoms with Gasteiger partial charge < -0.3 is 4.74 Å². The molecule has 0 aromatic heterocycles. The maximum absolute atomic E-state index is 5.81. The number of halogens is 1. The summed E-state index contributed by atoms with van der Waals surface area (Å²) in [5.41, 5.74) is 0.832. The van der Waals surface area contributed by atoms with Crippen LogP contribution < -0.4 is 4.74 Å². The van der Waals surface area contributed by atoms with Crippen molar-refractivity contribution in [3.63, 3.8) is 0 Å². The van der Waals surface area contributed by atoms with Gasteiger partial charge in [0.05, 0.1) is 11.6 Å². The standard InChI is InChI=1S/C14H12ClNO/c15-11-14(16-12-7-3-1-4-8-12)17-13-9-5-2-6-10-13/h1-10H,11H2/b16-14+. The first-order valence-corrected chi connectivity index (χ1v) is 5.83. The third-order valence-corrected chi connectivity index (χ3v) is 2.33. The number of rotatable bonds is 3. The molecule has 0 unspecified atom stereocenters. The lowest BCUT2D eigenvalue weighted by Gasteiger charge is -2.05. The van der Waals surface area contributed by atoms with E-state index >= 15 is 0 Å². The summed E-state index contributed by atoms with van der Waals surface area (Å²) >= 11 is 5.81. The Labute approximate surface area is 106 Å². The maximum atomic E-state index is 5.81. The first kappa shape index (κ1) is 11.7. The van der Waals surface area contributed by atoms with Crippen molar-refractivity contribution in [1.29, 1.82) is 0 Å². The van der Waals surface area contributed by atoms with E-state index in [0.717, 1.165) is 11.4 Å². The van der Waals surface area contributed by atoms with Crippen molar-refractivity contribution in [2.45, 2.75) is 0 Å². The minimum atomic E-state index is 0.240. The summed E-state index contributed by atoms with van der Waals surface area (Å²) in [6.45, 7) is 0. The highest BCUT2D eigenvalue weighted by molar-refractivity contribution is 6.27. The van der Waals surface area contributed by atoms with Crippen molar-refractivity contribution in [3.05, 3.63) is 60.7 Å². The molecule has 0 bridgehead atoms. The molecule has 2 nitrogen and oxygen atoms in total. The lowest BCUT2D eigenvalue weighted by Crippen LogP contribution is -2.09. The number of alkyl halides is 1. The number of hydrogen-bond donors (Lipinski definition) is 0. The van der Waals surface area contributed by atoms with Gasteiger partial charge in [-0.2, -0.15) is 0 Å².